The number of amides is 4. The molecule has 3 rings (SSSR count). The first-order chi connectivity index (χ1) is 18.4. The number of ether oxygens (including phenoxy) is 2. The molecule has 2 atom stereocenters. The minimum Gasteiger partial charge on any atom is -0.479 e. The monoisotopic (exact) mass is 544 g/mol. The van der Waals surface area contributed by atoms with Gasteiger partial charge in [0, 0.05) is 50.7 Å². The summed E-state index contributed by atoms with van der Waals surface area (Å²) in [5.41, 5.74) is 1.28. The zero-order chi connectivity index (χ0) is 28.9. The number of anilines is 1. The van der Waals surface area contributed by atoms with Gasteiger partial charge in [-0.2, -0.15) is 0 Å². The van der Waals surface area contributed by atoms with Crippen LogP contribution in [0.15, 0.2) is 12.1 Å². The van der Waals surface area contributed by atoms with Crippen molar-refractivity contribution in [3.8, 4) is 5.75 Å². The molecule has 1 N–H and O–H groups in total. The van der Waals surface area contributed by atoms with E-state index in [9.17, 15) is 19.2 Å². The van der Waals surface area contributed by atoms with Gasteiger partial charge < -0.3 is 29.5 Å². The van der Waals surface area contributed by atoms with Crippen LogP contribution in [0, 0.1) is 0 Å². The number of carbonyl (C=O) groups is 4. The molecule has 0 aromatic heterocycles. The Bertz CT molecular complexity index is 1080. The van der Waals surface area contributed by atoms with Gasteiger partial charge in [-0.1, -0.05) is 13.8 Å². The van der Waals surface area contributed by atoms with E-state index in [0.29, 0.717) is 56.0 Å². The van der Waals surface area contributed by atoms with Gasteiger partial charge in [0.05, 0.1) is 5.69 Å². The summed E-state index contributed by atoms with van der Waals surface area (Å²) < 4.78 is 11.5. The highest BCUT2D eigenvalue weighted by Crippen LogP contribution is 2.37. The van der Waals surface area contributed by atoms with E-state index < -0.39 is 11.7 Å². The molecule has 1 fully saturated rings. The molecule has 10 heteroatoms. The van der Waals surface area contributed by atoms with Crippen LogP contribution in [0.4, 0.5) is 10.5 Å². The third-order valence-corrected chi connectivity index (χ3v) is 7.07. The van der Waals surface area contributed by atoms with Crippen LogP contribution in [0.2, 0.25) is 0 Å². The Hall–Kier alpha value is -3.30. The van der Waals surface area contributed by atoms with E-state index in [1.165, 1.54) is 0 Å². The predicted octanol–water partition coefficient (Wildman–Crippen LogP) is 3.75. The molecule has 0 radical (unpaired) electrons. The number of hydrogen-bond donors (Lipinski definition) is 1. The van der Waals surface area contributed by atoms with Crippen molar-refractivity contribution in [2.75, 3.05) is 37.6 Å². The lowest BCUT2D eigenvalue weighted by Crippen LogP contribution is -2.52. The van der Waals surface area contributed by atoms with Crippen molar-refractivity contribution in [2.45, 2.75) is 91.9 Å². The molecule has 4 amide bonds. The summed E-state index contributed by atoms with van der Waals surface area (Å²) in [6.07, 6.45) is 1.50. The SMILES string of the molecule is CCC(=O)NCCN1C(=O)[C@@H](C)Oc2cc(CC)c(C(=O)N(CC)[C@@H]3CCCN(C(=O)OC(C)(C)C)C3)cc21. The van der Waals surface area contributed by atoms with Crippen molar-refractivity contribution < 1.29 is 28.7 Å². The first-order valence-corrected chi connectivity index (χ1v) is 14.1. The van der Waals surface area contributed by atoms with Gasteiger partial charge in [-0.25, -0.2) is 4.79 Å². The maximum absolute atomic E-state index is 14.0. The average Bonchev–Trinajstić information content (AvgIpc) is 2.89. The van der Waals surface area contributed by atoms with Gasteiger partial charge in [-0.15, -0.1) is 0 Å². The molecular formula is C29H44N4O6. The lowest BCUT2D eigenvalue weighted by atomic mass is 9.98. The molecule has 216 valence electrons. The molecule has 1 saturated heterocycles. The smallest absolute Gasteiger partial charge is 0.410 e. The molecule has 2 aliphatic heterocycles. The number of nitrogens with zero attached hydrogens (tertiary/aromatic N) is 3. The van der Waals surface area contributed by atoms with Crippen molar-refractivity contribution in [1.82, 2.24) is 15.1 Å². The largest absolute Gasteiger partial charge is 0.479 e. The van der Waals surface area contributed by atoms with Crippen LogP contribution >= 0.6 is 0 Å². The lowest BCUT2D eigenvalue weighted by Gasteiger charge is -2.40. The Morgan fingerprint density at radius 3 is 2.51 bits per heavy atom. The molecule has 2 heterocycles. The molecule has 2 aliphatic rings. The number of likely N-dealkylation sites (N-methyl/N-ethyl adjacent to an activating group) is 1. The summed E-state index contributed by atoms with van der Waals surface area (Å²) in [5.74, 6) is 0.101. The standard InChI is InChI=1S/C29H44N4O6/c1-8-20-16-24-23(33(26(35)19(4)38-24)15-13-30-25(34)9-2)17-22(20)27(36)32(10-3)21-12-11-14-31(18-21)28(37)39-29(5,6)7/h16-17,19,21H,8-15,18H2,1-7H3,(H,30,34)/t19-,21-/m1/s1. The molecule has 10 nitrogen and oxygen atoms in total. The molecule has 1 aromatic rings. The topological polar surface area (TPSA) is 108 Å². The Labute approximate surface area is 232 Å². The summed E-state index contributed by atoms with van der Waals surface area (Å²) >= 11 is 0. The first-order valence-electron chi connectivity index (χ1n) is 14.1. The first kappa shape index (κ1) is 30.2. The van der Waals surface area contributed by atoms with Crippen molar-refractivity contribution in [3.05, 3.63) is 23.3 Å². The zero-order valence-corrected chi connectivity index (χ0v) is 24.5. The van der Waals surface area contributed by atoms with E-state index in [2.05, 4.69) is 5.32 Å². The van der Waals surface area contributed by atoms with Gasteiger partial charge >= 0.3 is 6.09 Å². The third kappa shape index (κ3) is 7.22. The highest BCUT2D eigenvalue weighted by atomic mass is 16.6. The van der Waals surface area contributed by atoms with Crippen molar-refractivity contribution in [2.24, 2.45) is 0 Å². The second-order valence-corrected chi connectivity index (χ2v) is 11.1. The number of piperidine rings is 1. The Morgan fingerprint density at radius 2 is 1.90 bits per heavy atom. The Balaban J connectivity index is 1.89. The van der Waals surface area contributed by atoms with E-state index in [1.54, 1.807) is 29.7 Å². The quantitative estimate of drug-likeness (QED) is 0.534. The van der Waals surface area contributed by atoms with Crippen LogP contribution < -0.4 is 15.0 Å². The van der Waals surface area contributed by atoms with Crippen LogP contribution in [0.3, 0.4) is 0 Å². The van der Waals surface area contributed by atoms with E-state index in [1.807, 2.05) is 45.6 Å². The zero-order valence-electron chi connectivity index (χ0n) is 24.5. The molecule has 0 saturated carbocycles. The van der Waals surface area contributed by atoms with Gasteiger partial charge in [-0.3, -0.25) is 14.4 Å². The predicted molar refractivity (Wildman–Crippen MR) is 149 cm³/mol. The van der Waals surface area contributed by atoms with E-state index in [4.69, 9.17) is 9.47 Å². The van der Waals surface area contributed by atoms with Crippen molar-refractivity contribution in [1.29, 1.82) is 0 Å². The van der Waals surface area contributed by atoms with Gasteiger partial charge in [-0.05, 0) is 71.6 Å². The fourth-order valence-electron chi connectivity index (χ4n) is 5.07. The number of carbonyl (C=O) groups excluding carboxylic acids is 4. The van der Waals surface area contributed by atoms with Gasteiger partial charge in [0.15, 0.2) is 6.10 Å². The normalized spacial score (nSPS) is 19.2. The van der Waals surface area contributed by atoms with Crippen molar-refractivity contribution in [3.63, 3.8) is 0 Å². The molecule has 0 aliphatic carbocycles. The highest BCUT2D eigenvalue weighted by Gasteiger charge is 2.36. The van der Waals surface area contributed by atoms with E-state index in [0.717, 1.165) is 18.4 Å². The minimum absolute atomic E-state index is 0.0901. The van der Waals surface area contributed by atoms with Crippen LogP contribution in [-0.4, -0.2) is 84.1 Å². The second kappa shape index (κ2) is 12.7. The number of nitrogens with one attached hydrogen (secondary N) is 1. The molecule has 39 heavy (non-hydrogen) atoms. The van der Waals surface area contributed by atoms with E-state index >= 15 is 0 Å². The third-order valence-electron chi connectivity index (χ3n) is 7.07. The summed E-state index contributed by atoms with van der Waals surface area (Å²) in [7, 11) is 0. The number of likely N-dealkylation sites (tertiary alicyclic amines) is 1. The number of hydrogen-bond acceptors (Lipinski definition) is 6. The fourth-order valence-corrected chi connectivity index (χ4v) is 5.07. The van der Waals surface area contributed by atoms with Crippen LogP contribution in [0.25, 0.3) is 0 Å². The van der Waals surface area contributed by atoms with Crippen LogP contribution in [0.1, 0.15) is 83.7 Å². The van der Waals surface area contributed by atoms with Gasteiger partial charge in [0.1, 0.15) is 11.4 Å². The maximum Gasteiger partial charge on any atom is 0.410 e. The molecule has 0 bridgehead atoms. The van der Waals surface area contributed by atoms with Crippen molar-refractivity contribution >= 4 is 29.5 Å². The maximum atomic E-state index is 14.0. The lowest BCUT2D eigenvalue weighted by molar-refractivity contribution is -0.126. The highest BCUT2D eigenvalue weighted by molar-refractivity contribution is 6.03. The second-order valence-electron chi connectivity index (χ2n) is 11.1. The summed E-state index contributed by atoms with van der Waals surface area (Å²) in [6, 6.07) is 3.45. The molecule has 1 aromatic carbocycles. The van der Waals surface area contributed by atoms with E-state index in [-0.39, 0.29) is 36.4 Å². The average molecular weight is 545 g/mol. The number of fused-ring (bicyclic) bond motifs is 1. The van der Waals surface area contributed by atoms with Gasteiger partial charge in [0.25, 0.3) is 11.8 Å². The number of aryl methyl sites for hydroxylation is 1. The van der Waals surface area contributed by atoms with Gasteiger partial charge in [0.2, 0.25) is 5.91 Å². The van der Waals surface area contributed by atoms with Crippen LogP contribution in [0.5, 0.6) is 5.75 Å². The number of benzene rings is 1. The molecular weight excluding hydrogens is 500 g/mol. The Kier molecular flexibility index (Phi) is 9.85. The van der Waals surface area contributed by atoms with Crippen LogP contribution in [-0.2, 0) is 20.7 Å². The number of rotatable bonds is 8. The minimum atomic E-state index is -0.668. The fraction of sp³-hybridized carbons (Fsp3) is 0.655. The summed E-state index contributed by atoms with van der Waals surface area (Å²) in [6.45, 7) is 15.0. The molecule has 0 unspecified atom stereocenters. The Morgan fingerprint density at radius 1 is 1.18 bits per heavy atom. The summed E-state index contributed by atoms with van der Waals surface area (Å²) in [4.78, 5) is 56.7. The summed E-state index contributed by atoms with van der Waals surface area (Å²) in [5, 5.41) is 2.81. The molecule has 0 spiro atoms.